The maximum Gasteiger partial charge on any atom is 0.0267 e. The second-order valence-corrected chi connectivity index (χ2v) is 4.05. The van der Waals surface area contributed by atoms with Gasteiger partial charge >= 0.3 is 0 Å². The van der Waals surface area contributed by atoms with E-state index < -0.39 is 0 Å². The molecule has 72 valence electrons. The van der Waals surface area contributed by atoms with Crippen LogP contribution in [0.5, 0.6) is 0 Å². The fourth-order valence-corrected chi connectivity index (χ4v) is 1.96. The van der Waals surface area contributed by atoms with E-state index in [9.17, 15) is 0 Å². The largest absolute Gasteiger partial charge is 0.0533 e. The van der Waals surface area contributed by atoms with Gasteiger partial charge in [0, 0.05) is 1.37 Å². The Kier molecular flexibility index (Phi) is 5.47. The zero-order valence-electron chi connectivity index (χ0n) is 9.36. The molecule has 0 heteroatoms. The summed E-state index contributed by atoms with van der Waals surface area (Å²) in [7, 11) is 0. The van der Waals surface area contributed by atoms with Crippen LogP contribution in [0.2, 0.25) is 0 Å². The lowest BCUT2D eigenvalue weighted by Crippen LogP contribution is -1.85. The van der Waals surface area contributed by atoms with Gasteiger partial charge in [0.15, 0.2) is 0 Å². The Labute approximate surface area is 79.2 Å². The summed E-state index contributed by atoms with van der Waals surface area (Å²) in [6.45, 7) is 0. The lowest BCUT2D eigenvalue weighted by molar-refractivity contribution is 0.504. The van der Waals surface area contributed by atoms with E-state index in [1.54, 1.807) is 0 Å². The summed E-state index contributed by atoms with van der Waals surface area (Å²) in [5.41, 5.74) is 0. The van der Waals surface area contributed by atoms with E-state index in [-0.39, 0.29) is 6.40 Å². The predicted octanol–water partition coefficient (Wildman–Crippen LogP) is 4.68. The lowest BCUT2D eigenvalue weighted by atomic mass is 10.0. The topological polar surface area (TPSA) is 0 Å². The molecule has 0 aromatic carbocycles. The van der Waals surface area contributed by atoms with Crippen LogP contribution < -0.4 is 0 Å². The van der Waals surface area contributed by atoms with Crippen molar-refractivity contribution in [3.63, 3.8) is 0 Å². The highest BCUT2D eigenvalue weighted by atomic mass is 14.0. The normalized spacial score (nSPS) is 26.8. The highest BCUT2D eigenvalue weighted by Gasteiger charge is 1.96. The van der Waals surface area contributed by atoms with E-state index in [4.69, 9.17) is 1.37 Å². The Balaban J connectivity index is 2.11. The average molecular weight is 169 g/mol. The van der Waals surface area contributed by atoms with Crippen LogP contribution >= 0.6 is 0 Å². The molecule has 0 heterocycles. The van der Waals surface area contributed by atoms with Gasteiger partial charge in [-0.3, -0.25) is 0 Å². The van der Waals surface area contributed by atoms with Crippen molar-refractivity contribution in [2.24, 2.45) is 0 Å². The highest BCUT2D eigenvalue weighted by molar-refractivity contribution is 4.51. The molecule has 0 aromatic rings. The van der Waals surface area contributed by atoms with Crippen LogP contribution in [0.3, 0.4) is 0 Å². The number of hydrogen-bond donors (Lipinski definition) is 0. The molecule has 0 bridgehead atoms. The van der Waals surface area contributed by atoms with Crippen molar-refractivity contribution in [1.29, 1.82) is 0 Å². The molecule has 0 spiro atoms. The third-order valence-electron chi connectivity index (χ3n) is 2.82. The van der Waals surface area contributed by atoms with E-state index in [0.29, 0.717) is 0 Å². The van der Waals surface area contributed by atoms with Crippen LogP contribution in [0.15, 0.2) is 0 Å². The molecular formula is C12H24. The molecule has 0 radical (unpaired) electrons. The van der Waals surface area contributed by atoms with Gasteiger partial charge in [0.05, 0.1) is 0 Å². The average Bonchev–Trinajstić information content (AvgIpc) is 2.11. The van der Waals surface area contributed by atoms with E-state index >= 15 is 0 Å². The first-order valence-electron chi connectivity index (χ1n) is 6.39. The van der Waals surface area contributed by atoms with Crippen LogP contribution in [0.25, 0.3) is 0 Å². The van der Waals surface area contributed by atoms with E-state index in [1.165, 1.54) is 57.8 Å². The Morgan fingerprint density at radius 2 is 0.667 bits per heavy atom. The first-order valence-corrected chi connectivity index (χ1v) is 5.82. The first kappa shape index (κ1) is 8.59. The molecule has 0 aliphatic heterocycles. The zero-order valence-corrected chi connectivity index (χ0v) is 8.36. The van der Waals surface area contributed by atoms with Crippen LogP contribution in [0, 0.1) is 0 Å². The van der Waals surface area contributed by atoms with Gasteiger partial charge in [-0.15, -0.1) is 0 Å². The van der Waals surface area contributed by atoms with Gasteiger partial charge in [-0.1, -0.05) is 77.0 Å². The Morgan fingerprint density at radius 1 is 0.417 bits per heavy atom. The van der Waals surface area contributed by atoms with Crippen molar-refractivity contribution in [2.45, 2.75) is 77.0 Å². The summed E-state index contributed by atoms with van der Waals surface area (Å²) in [6.07, 6.45) is 15.0. The minimum Gasteiger partial charge on any atom is -0.0533 e. The summed E-state index contributed by atoms with van der Waals surface area (Å²) < 4.78 is 7.80. The number of hydrogen-bond acceptors (Lipinski definition) is 0. The van der Waals surface area contributed by atoms with Crippen molar-refractivity contribution < 1.29 is 1.37 Å². The molecule has 0 aromatic heterocycles. The van der Waals surface area contributed by atoms with Gasteiger partial charge < -0.3 is 0 Å². The van der Waals surface area contributed by atoms with Gasteiger partial charge in [0.1, 0.15) is 0 Å². The standard InChI is InChI=1S/C12H24/c1-2-4-6-8-10-12-11-9-7-5-3-1/h1-12H2/i1D. The van der Waals surface area contributed by atoms with Crippen molar-refractivity contribution >= 4 is 0 Å². The molecule has 0 atom stereocenters. The fourth-order valence-electron chi connectivity index (χ4n) is 1.96. The highest BCUT2D eigenvalue weighted by Crippen LogP contribution is 2.15. The molecule has 1 aliphatic carbocycles. The summed E-state index contributed by atoms with van der Waals surface area (Å²) in [4.78, 5) is 0. The summed E-state index contributed by atoms with van der Waals surface area (Å²) in [5, 5.41) is 0. The van der Waals surface area contributed by atoms with E-state index in [2.05, 4.69) is 0 Å². The molecule has 0 saturated heterocycles. The quantitative estimate of drug-likeness (QED) is 0.494. The maximum atomic E-state index is 7.80. The molecule has 12 heavy (non-hydrogen) atoms. The molecule has 0 nitrogen and oxygen atoms in total. The lowest BCUT2D eigenvalue weighted by Gasteiger charge is -2.05. The van der Waals surface area contributed by atoms with Gasteiger partial charge in [0.25, 0.3) is 0 Å². The fraction of sp³-hybridized carbons (Fsp3) is 1.00. The summed E-state index contributed by atoms with van der Waals surface area (Å²) in [6, 6.07) is 0. The summed E-state index contributed by atoms with van der Waals surface area (Å²) >= 11 is 0. The summed E-state index contributed by atoms with van der Waals surface area (Å²) in [5.74, 6) is 0. The van der Waals surface area contributed by atoms with Crippen molar-refractivity contribution in [1.82, 2.24) is 0 Å². The van der Waals surface area contributed by atoms with Crippen LogP contribution in [0.4, 0.5) is 0 Å². The maximum absolute atomic E-state index is 7.80. The molecule has 1 rings (SSSR count). The zero-order chi connectivity index (χ0) is 9.36. The van der Waals surface area contributed by atoms with E-state index in [1.807, 2.05) is 0 Å². The van der Waals surface area contributed by atoms with Crippen LogP contribution in [-0.2, 0) is 0 Å². The second kappa shape index (κ2) is 7.64. The van der Waals surface area contributed by atoms with Crippen molar-refractivity contribution in [2.75, 3.05) is 0 Å². The van der Waals surface area contributed by atoms with Crippen LogP contribution in [-0.4, -0.2) is 0 Å². The minimum atomic E-state index is 0.249. The number of rotatable bonds is 0. The molecular weight excluding hydrogens is 144 g/mol. The Hall–Kier alpha value is 0. The van der Waals surface area contributed by atoms with Crippen molar-refractivity contribution in [3.05, 3.63) is 0 Å². The first-order chi connectivity index (χ1) is 6.39. The Morgan fingerprint density at radius 3 is 1.00 bits per heavy atom. The van der Waals surface area contributed by atoms with Crippen molar-refractivity contribution in [3.8, 4) is 0 Å². The molecule has 1 saturated carbocycles. The smallest absolute Gasteiger partial charge is 0.0267 e. The molecule has 0 amide bonds. The van der Waals surface area contributed by atoms with Gasteiger partial charge in [-0.2, -0.15) is 0 Å². The third-order valence-corrected chi connectivity index (χ3v) is 2.82. The van der Waals surface area contributed by atoms with Crippen LogP contribution in [0.1, 0.15) is 78.4 Å². The third kappa shape index (κ3) is 5.62. The SMILES string of the molecule is [2H]C1CCCCCCCCCCC1. The van der Waals surface area contributed by atoms with Gasteiger partial charge in [0.2, 0.25) is 0 Å². The minimum absolute atomic E-state index is 0.249. The van der Waals surface area contributed by atoms with E-state index in [0.717, 1.165) is 12.8 Å². The molecule has 0 unspecified atom stereocenters. The second-order valence-electron chi connectivity index (χ2n) is 4.05. The predicted molar refractivity (Wildman–Crippen MR) is 55.4 cm³/mol. The molecule has 1 fully saturated rings. The van der Waals surface area contributed by atoms with Gasteiger partial charge in [-0.25, -0.2) is 0 Å². The van der Waals surface area contributed by atoms with Gasteiger partial charge in [-0.05, 0) is 0 Å². The molecule has 0 N–H and O–H groups in total. The molecule has 1 aliphatic rings. The monoisotopic (exact) mass is 169 g/mol. The Bertz CT molecular complexity index is 99.7.